The highest BCUT2D eigenvalue weighted by Gasteiger charge is 2.30. The Kier molecular flexibility index (Phi) is 8.56. The van der Waals surface area contributed by atoms with E-state index in [4.69, 9.17) is 9.84 Å². The van der Waals surface area contributed by atoms with Gasteiger partial charge in [-0.3, -0.25) is 9.59 Å². The number of allylic oxidation sites excluding steroid dienone is 1. The lowest BCUT2D eigenvalue weighted by molar-refractivity contribution is -0.138. The fraction of sp³-hybridized carbons (Fsp3) is 0.308. The number of aryl methyl sites for hydroxylation is 1. The third-order valence-corrected chi connectivity index (χ3v) is 6.53. The molecule has 1 atom stereocenters. The van der Waals surface area contributed by atoms with Crippen LogP contribution in [0.15, 0.2) is 59.6 Å². The molecule has 0 spiro atoms. The van der Waals surface area contributed by atoms with Crippen LogP contribution >= 0.6 is 11.3 Å². The molecule has 0 bridgehead atoms. The molecule has 0 saturated heterocycles. The molecule has 1 heterocycles. The first kappa shape index (κ1) is 26.3. The maximum absolute atomic E-state index is 12.7. The van der Waals surface area contributed by atoms with E-state index < -0.39 is 23.6 Å². The highest BCUT2D eigenvalue weighted by molar-refractivity contribution is 7.17. The number of carbonyl (C=O) groups is 2. The summed E-state index contributed by atoms with van der Waals surface area (Å²) in [5, 5.41) is 14.7. The molecule has 3 aromatic rings. The van der Waals surface area contributed by atoms with Gasteiger partial charge in [0.1, 0.15) is 5.75 Å². The summed E-state index contributed by atoms with van der Waals surface area (Å²) in [4.78, 5) is 23.2. The van der Waals surface area contributed by atoms with Crippen LogP contribution in [0.5, 0.6) is 5.75 Å². The number of carbonyl (C=O) groups excluding carboxylic acids is 1. The summed E-state index contributed by atoms with van der Waals surface area (Å²) >= 11 is 1.57. The number of benzene rings is 2. The molecule has 0 aliphatic carbocycles. The van der Waals surface area contributed by atoms with Crippen LogP contribution in [0.1, 0.15) is 48.2 Å². The SMILES string of the molecule is C/C=C(/NC(=O)c1ccc(C(F)(F)F)cc1)C(C)COc1ccc2c(CCCC(=O)O)csc2c1. The molecule has 1 amide bonds. The number of ether oxygens (including phenoxy) is 1. The average molecular weight is 506 g/mol. The third-order valence-electron chi connectivity index (χ3n) is 5.54. The Balaban J connectivity index is 1.57. The third kappa shape index (κ3) is 7.08. The number of carboxylic acid groups (broad SMARTS) is 1. The van der Waals surface area contributed by atoms with Crippen LogP contribution < -0.4 is 10.1 Å². The van der Waals surface area contributed by atoms with E-state index in [-0.39, 0.29) is 24.5 Å². The minimum atomic E-state index is -4.45. The molecule has 1 unspecified atom stereocenters. The van der Waals surface area contributed by atoms with Crippen LogP contribution in [0, 0.1) is 5.92 Å². The smallest absolute Gasteiger partial charge is 0.416 e. The first-order valence-electron chi connectivity index (χ1n) is 11.1. The van der Waals surface area contributed by atoms with Gasteiger partial charge in [0.2, 0.25) is 0 Å². The van der Waals surface area contributed by atoms with Gasteiger partial charge in [-0.2, -0.15) is 13.2 Å². The number of thiophene rings is 1. The normalized spacial score (nSPS) is 13.0. The Morgan fingerprint density at radius 3 is 2.51 bits per heavy atom. The molecule has 1 aromatic heterocycles. The molecule has 35 heavy (non-hydrogen) atoms. The summed E-state index contributed by atoms with van der Waals surface area (Å²) in [5.41, 5.74) is 1.05. The number of carboxylic acids is 1. The molecule has 0 aliphatic heterocycles. The van der Waals surface area contributed by atoms with Gasteiger partial charge >= 0.3 is 12.1 Å². The minimum absolute atomic E-state index is 0.132. The molecule has 186 valence electrons. The molecule has 0 saturated carbocycles. The number of nitrogens with one attached hydrogen (secondary N) is 1. The summed E-state index contributed by atoms with van der Waals surface area (Å²) in [7, 11) is 0. The van der Waals surface area contributed by atoms with Crippen molar-refractivity contribution < 1.29 is 32.6 Å². The molecule has 3 rings (SSSR count). The van der Waals surface area contributed by atoms with E-state index in [1.165, 1.54) is 0 Å². The van der Waals surface area contributed by atoms with E-state index in [0.717, 1.165) is 39.9 Å². The molecule has 0 aliphatic rings. The fourth-order valence-electron chi connectivity index (χ4n) is 3.58. The number of amides is 1. The van der Waals surface area contributed by atoms with Crippen molar-refractivity contribution >= 4 is 33.3 Å². The second-order valence-corrected chi connectivity index (χ2v) is 9.06. The zero-order chi connectivity index (χ0) is 25.6. The molecular formula is C26H26F3NO4S. The summed E-state index contributed by atoms with van der Waals surface area (Å²) < 4.78 is 45.2. The number of alkyl halides is 3. The van der Waals surface area contributed by atoms with Gasteiger partial charge < -0.3 is 15.2 Å². The number of hydrogen-bond donors (Lipinski definition) is 2. The Hall–Kier alpha value is -3.33. The topological polar surface area (TPSA) is 75.6 Å². The second kappa shape index (κ2) is 11.4. The zero-order valence-corrected chi connectivity index (χ0v) is 20.1. The molecule has 9 heteroatoms. The van der Waals surface area contributed by atoms with Crippen LogP contribution in [0.2, 0.25) is 0 Å². The van der Waals surface area contributed by atoms with Crippen molar-refractivity contribution in [3.63, 3.8) is 0 Å². The second-order valence-electron chi connectivity index (χ2n) is 8.15. The monoisotopic (exact) mass is 505 g/mol. The van der Waals surface area contributed by atoms with Crippen molar-refractivity contribution in [3.8, 4) is 5.75 Å². The molecule has 5 nitrogen and oxygen atoms in total. The number of fused-ring (bicyclic) bond motifs is 1. The Morgan fingerprint density at radius 2 is 1.89 bits per heavy atom. The maximum Gasteiger partial charge on any atom is 0.416 e. The van der Waals surface area contributed by atoms with Crippen LogP contribution in [-0.4, -0.2) is 23.6 Å². The number of aliphatic carboxylic acids is 1. The largest absolute Gasteiger partial charge is 0.493 e. The van der Waals surface area contributed by atoms with Gasteiger partial charge in [0.15, 0.2) is 0 Å². The maximum atomic E-state index is 12.7. The molecule has 2 N–H and O–H groups in total. The number of halogens is 3. The van der Waals surface area contributed by atoms with Gasteiger partial charge in [-0.15, -0.1) is 11.3 Å². The van der Waals surface area contributed by atoms with Crippen molar-refractivity contribution in [2.45, 2.75) is 39.3 Å². The van der Waals surface area contributed by atoms with Crippen molar-refractivity contribution in [2.24, 2.45) is 5.92 Å². The van der Waals surface area contributed by atoms with Crippen LogP contribution in [-0.2, 0) is 17.4 Å². The first-order valence-corrected chi connectivity index (χ1v) is 12.0. The Bertz CT molecular complexity index is 1220. The van der Waals surface area contributed by atoms with E-state index in [9.17, 15) is 22.8 Å². The number of rotatable bonds is 10. The highest BCUT2D eigenvalue weighted by atomic mass is 32.1. The van der Waals surface area contributed by atoms with Crippen molar-refractivity contribution in [2.75, 3.05) is 6.61 Å². The predicted molar refractivity (Wildman–Crippen MR) is 130 cm³/mol. The molecule has 0 radical (unpaired) electrons. The van der Waals surface area contributed by atoms with Crippen molar-refractivity contribution in [3.05, 3.63) is 76.3 Å². The molecular weight excluding hydrogens is 479 g/mol. The van der Waals surface area contributed by atoms with Crippen LogP contribution in [0.4, 0.5) is 13.2 Å². The van der Waals surface area contributed by atoms with Crippen LogP contribution in [0.25, 0.3) is 10.1 Å². The summed E-state index contributed by atoms with van der Waals surface area (Å²) in [6.07, 6.45) is -1.29. The highest BCUT2D eigenvalue weighted by Crippen LogP contribution is 2.31. The van der Waals surface area contributed by atoms with Crippen LogP contribution in [0.3, 0.4) is 0 Å². The van der Waals surface area contributed by atoms with E-state index in [1.807, 2.05) is 30.5 Å². The lowest BCUT2D eigenvalue weighted by atomic mass is 10.1. The quantitative estimate of drug-likeness (QED) is 0.322. The van der Waals surface area contributed by atoms with Gasteiger partial charge in [0.25, 0.3) is 5.91 Å². The minimum Gasteiger partial charge on any atom is -0.493 e. The van der Waals surface area contributed by atoms with E-state index in [2.05, 4.69) is 5.32 Å². The predicted octanol–water partition coefficient (Wildman–Crippen LogP) is 6.68. The molecule has 0 fully saturated rings. The van der Waals surface area contributed by atoms with E-state index in [0.29, 0.717) is 24.3 Å². The van der Waals surface area contributed by atoms with Gasteiger partial charge in [0.05, 0.1) is 12.2 Å². The van der Waals surface area contributed by atoms with Gasteiger partial charge in [0, 0.05) is 28.3 Å². The summed E-state index contributed by atoms with van der Waals surface area (Å²) in [5.74, 6) is -0.795. The first-order chi connectivity index (χ1) is 16.6. The number of hydrogen-bond acceptors (Lipinski definition) is 4. The lowest BCUT2D eigenvalue weighted by Crippen LogP contribution is -2.28. The van der Waals surface area contributed by atoms with Gasteiger partial charge in [-0.05, 0) is 78.6 Å². The standard InChI is InChI=1S/C26H26F3NO4S/c1-3-22(30-25(33)17-7-9-19(10-8-17)26(27,28)29)16(2)14-34-20-11-12-21-18(5-4-6-24(31)32)15-35-23(21)13-20/h3,7-13,15-16H,4-6,14H2,1-2H3,(H,30,33)(H,31,32)/b22-3+. The van der Waals surface area contributed by atoms with Crippen molar-refractivity contribution in [1.29, 1.82) is 0 Å². The Labute approximate surface area is 205 Å². The molecule has 2 aromatic carbocycles. The summed E-state index contributed by atoms with van der Waals surface area (Å²) in [6.45, 7) is 3.93. The van der Waals surface area contributed by atoms with Crippen molar-refractivity contribution in [1.82, 2.24) is 5.32 Å². The average Bonchev–Trinajstić information content (AvgIpc) is 3.22. The summed E-state index contributed by atoms with van der Waals surface area (Å²) in [6, 6.07) is 9.83. The van der Waals surface area contributed by atoms with Gasteiger partial charge in [-0.25, -0.2) is 0 Å². The Morgan fingerprint density at radius 1 is 1.17 bits per heavy atom. The zero-order valence-electron chi connectivity index (χ0n) is 19.3. The van der Waals surface area contributed by atoms with E-state index >= 15 is 0 Å². The fourth-order valence-corrected chi connectivity index (χ4v) is 4.61. The lowest BCUT2D eigenvalue weighted by Gasteiger charge is -2.18. The van der Waals surface area contributed by atoms with E-state index in [1.54, 1.807) is 24.3 Å². The van der Waals surface area contributed by atoms with Gasteiger partial charge in [-0.1, -0.05) is 13.0 Å².